The van der Waals surface area contributed by atoms with Crippen molar-refractivity contribution in [2.45, 2.75) is 0 Å². The average molecular weight is 294 g/mol. The SMILES string of the molecule is Clc1cccc(N2c3ccccc3Oc3ccccc32)c1. The number of nitrogens with zero attached hydrogens (tertiary/aromatic N) is 1. The molecule has 0 saturated carbocycles. The van der Waals surface area contributed by atoms with Crippen LogP contribution in [0.4, 0.5) is 17.1 Å². The molecule has 3 heteroatoms. The smallest absolute Gasteiger partial charge is 0.151 e. The van der Waals surface area contributed by atoms with Gasteiger partial charge in [0.25, 0.3) is 0 Å². The molecular weight excluding hydrogens is 282 g/mol. The summed E-state index contributed by atoms with van der Waals surface area (Å²) in [5.74, 6) is 1.69. The van der Waals surface area contributed by atoms with Crippen LogP contribution in [0.1, 0.15) is 0 Å². The molecule has 0 saturated heterocycles. The highest BCUT2D eigenvalue weighted by atomic mass is 35.5. The molecule has 0 bridgehead atoms. The van der Waals surface area contributed by atoms with E-state index in [2.05, 4.69) is 4.90 Å². The van der Waals surface area contributed by atoms with Gasteiger partial charge in [0.2, 0.25) is 0 Å². The molecule has 0 aliphatic carbocycles. The summed E-state index contributed by atoms with van der Waals surface area (Å²) < 4.78 is 5.98. The van der Waals surface area contributed by atoms with Crippen LogP contribution < -0.4 is 9.64 Å². The number of hydrogen-bond donors (Lipinski definition) is 0. The molecule has 4 rings (SSSR count). The molecule has 1 aliphatic rings. The van der Waals surface area contributed by atoms with Crippen LogP contribution in [0.5, 0.6) is 11.5 Å². The van der Waals surface area contributed by atoms with Gasteiger partial charge in [0.15, 0.2) is 11.5 Å². The molecule has 0 unspecified atom stereocenters. The number of benzene rings is 3. The van der Waals surface area contributed by atoms with Gasteiger partial charge in [0, 0.05) is 10.7 Å². The van der Waals surface area contributed by atoms with Crippen LogP contribution in [-0.4, -0.2) is 0 Å². The minimum Gasteiger partial charge on any atom is -0.453 e. The molecule has 0 N–H and O–H groups in total. The van der Waals surface area contributed by atoms with Gasteiger partial charge in [-0.3, -0.25) is 0 Å². The van der Waals surface area contributed by atoms with E-state index in [4.69, 9.17) is 16.3 Å². The topological polar surface area (TPSA) is 12.5 Å². The Morgan fingerprint density at radius 3 is 1.95 bits per heavy atom. The summed E-state index contributed by atoms with van der Waals surface area (Å²) in [6.07, 6.45) is 0. The summed E-state index contributed by atoms with van der Waals surface area (Å²) in [5, 5.41) is 0.717. The Morgan fingerprint density at radius 1 is 0.714 bits per heavy atom. The lowest BCUT2D eigenvalue weighted by Gasteiger charge is -2.32. The van der Waals surface area contributed by atoms with Crippen molar-refractivity contribution < 1.29 is 4.74 Å². The molecule has 1 aliphatic heterocycles. The Hall–Kier alpha value is -2.45. The number of halogens is 1. The van der Waals surface area contributed by atoms with Crippen molar-refractivity contribution in [2.24, 2.45) is 0 Å². The first-order valence-corrected chi connectivity index (χ1v) is 7.12. The van der Waals surface area contributed by atoms with Gasteiger partial charge in [-0.2, -0.15) is 0 Å². The third-order valence-electron chi connectivity index (χ3n) is 3.50. The molecule has 3 aromatic carbocycles. The highest BCUT2D eigenvalue weighted by Crippen LogP contribution is 2.50. The quantitative estimate of drug-likeness (QED) is 0.432. The summed E-state index contributed by atoms with van der Waals surface area (Å²) in [6.45, 7) is 0. The van der Waals surface area contributed by atoms with Gasteiger partial charge >= 0.3 is 0 Å². The summed E-state index contributed by atoms with van der Waals surface area (Å²) in [7, 11) is 0. The lowest BCUT2D eigenvalue weighted by molar-refractivity contribution is 0.477. The second-order valence-electron chi connectivity index (χ2n) is 4.85. The molecule has 0 fully saturated rings. The zero-order valence-electron chi connectivity index (χ0n) is 11.2. The fourth-order valence-corrected chi connectivity index (χ4v) is 2.78. The van der Waals surface area contributed by atoms with Crippen molar-refractivity contribution in [3.8, 4) is 11.5 Å². The van der Waals surface area contributed by atoms with E-state index in [0.29, 0.717) is 5.02 Å². The molecule has 21 heavy (non-hydrogen) atoms. The van der Waals surface area contributed by atoms with Crippen LogP contribution >= 0.6 is 11.6 Å². The van der Waals surface area contributed by atoms with Gasteiger partial charge in [0.1, 0.15) is 0 Å². The number of rotatable bonds is 1. The molecular formula is C18H12ClNO. The Bertz CT molecular complexity index is 770. The van der Waals surface area contributed by atoms with Crippen molar-refractivity contribution in [1.82, 2.24) is 0 Å². The zero-order chi connectivity index (χ0) is 14.2. The molecule has 0 aromatic heterocycles. The predicted octanol–water partition coefficient (Wildman–Crippen LogP) is 5.92. The normalized spacial score (nSPS) is 12.3. The Labute approximate surface area is 128 Å². The van der Waals surface area contributed by atoms with Crippen molar-refractivity contribution >= 4 is 28.7 Å². The lowest BCUT2D eigenvalue weighted by Crippen LogP contribution is -2.15. The molecule has 2 nitrogen and oxygen atoms in total. The zero-order valence-corrected chi connectivity index (χ0v) is 11.9. The highest BCUT2D eigenvalue weighted by molar-refractivity contribution is 6.30. The van der Waals surface area contributed by atoms with Gasteiger partial charge in [-0.1, -0.05) is 41.9 Å². The third-order valence-corrected chi connectivity index (χ3v) is 3.73. The van der Waals surface area contributed by atoms with E-state index in [1.54, 1.807) is 0 Å². The maximum Gasteiger partial charge on any atom is 0.151 e. The average Bonchev–Trinajstić information content (AvgIpc) is 2.52. The maximum absolute atomic E-state index is 6.16. The molecule has 3 aromatic rings. The first-order chi connectivity index (χ1) is 10.3. The summed E-state index contributed by atoms with van der Waals surface area (Å²) >= 11 is 6.16. The van der Waals surface area contributed by atoms with E-state index in [9.17, 15) is 0 Å². The van der Waals surface area contributed by atoms with E-state index in [0.717, 1.165) is 28.6 Å². The van der Waals surface area contributed by atoms with Gasteiger partial charge in [-0.25, -0.2) is 0 Å². The van der Waals surface area contributed by atoms with Crippen molar-refractivity contribution in [3.63, 3.8) is 0 Å². The van der Waals surface area contributed by atoms with Crippen molar-refractivity contribution in [1.29, 1.82) is 0 Å². The van der Waals surface area contributed by atoms with Gasteiger partial charge < -0.3 is 9.64 Å². The highest BCUT2D eigenvalue weighted by Gasteiger charge is 2.24. The second kappa shape index (κ2) is 4.83. The van der Waals surface area contributed by atoms with Crippen LogP contribution in [0.3, 0.4) is 0 Å². The van der Waals surface area contributed by atoms with Crippen LogP contribution in [0.2, 0.25) is 5.02 Å². The van der Waals surface area contributed by atoms with Gasteiger partial charge in [-0.05, 0) is 42.5 Å². The summed E-state index contributed by atoms with van der Waals surface area (Å²) in [5.41, 5.74) is 3.04. The number of hydrogen-bond acceptors (Lipinski definition) is 2. The van der Waals surface area contributed by atoms with E-state index in [-0.39, 0.29) is 0 Å². The minimum absolute atomic E-state index is 0.717. The Morgan fingerprint density at radius 2 is 1.33 bits per heavy atom. The van der Waals surface area contributed by atoms with E-state index in [1.165, 1.54) is 0 Å². The van der Waals surface area contributed by atoms with Crippen molar-refractivity contribution in [3.05, 3.63) is 77.8 Å². The second-order valence-corrected chi connectivity index (χ2v) is 5.29. The standard InChI is InChI=1S/C18H12ClNO/c19-13-6-5-7-14(12-13)20-15-8-1-3-10-17(15)21-18-11-4-2-9-16(18)20/h1-12H. The summed E-state index contributed by atoms with van der Waals surface area (Å²) in [6, 6.07) is 23.9. The monoisotopic (exact) mass is 293 g/mol. The fourth-order valence-electron chi connectivity index (χ4n) is 2.60. The molecule has 0 radical (unpaired) electrons. The van der Waals surface area contributed by atoms with Crippen LogP contribution in [0.25, 0.3) is 0 Å². The third kappa shape index (κ3) is 2.05. The predicted molar refractivity (Wildman–Crippen MR) is 86.2 cm³/mol. The molecule has 0 amide bonds. The van der Waals surface area contributed by atoms with Crippen LogP contribution in [0, 0.1) is 0 Å². The first-order valence-electron chi connectivity index (χ1n) is 6.74. The number of para-hydroxylation sites is 4. The van der Waals surface area contributed by atoms with Crippen molar-refractivity contribution in [2.75, 3.05) is 4.90 Å². The molecule has 0 atom stereocenters. The molecule has 0 spiro atoms. The van der Waals surface area contributed by atoms with Crippen LogP contribution in [0.15, 0.2) is 72.8 Å². The van der Waals surface area contributed by atoms with Gasteiger partial charge in [-0.15, -0.1) is 0 Å². The largest absolute Gasteiger partial charge is 0.453 e. The Balaban J connectivity index is 1.97. The number of anilines is 3. The van der Waals surface area contributed by atoms with Gasteiger partial charge in [0.05, 0.1) is 11.4 Å². The first kappa shape index (κ1) is 12.3. The van der Waals surface area contributed by atoms with Crippen LogP contribution in [-0.2, 0) is 0 Å². The molecule has 102 valence electrons. The Kier molecular flexibility index (Phi) is 2.83. The van der Waals surface area contributed by atoms with E-state index in [1.807, 2.05) is 72.8 Å². The fraction of sp³-hybridized carbons (Fsp3) is 0. The maximum atomic E-state index is 6.16. The summed E-state index contributed by atoms with van der Waals surface area (Å²) in [4.78, 5) is 2.17. The van der Waals surface area contributed by atoms with E-state index < -0.39 is 0 Å². The minimum atomic E-state index is 0.717. The number of ether oxygens (including phenoxy) is 1. The van der Waals surface area contributed by atoms with E-state index >= 15 is 0 Å². The molecule has 1 heterocycles. The number of fused-ring (bicyclic) bond motifs is 2. The lowest BCUT2D eigenvalue weighted by atomic mass is 10.1.